The smallest absolute Gasteiger partial charge is 0.352 e. The number of azide groups is 1. The van der Waals surface area contributed by atoms with Crippen LogP contribution < -0.4 is 11.2 Å². The number of aromatic amines is 1. The van der Waals surface area contributed by atoms with E-state index in [1.165, 1.54) is 62.1 Å². The van der Waals surface area contributed by atoms with Crippen LogP contribution in [0.5, 0.6) is 0 Å². The minimum atomic E-state index is -4.32. The molecule has 0 bridgehead atoms. The molecule has 1 fully saturated rings. The first kappa shape index (κ1) is 31.3. The van der Waals surface area contributed by atoms with Gasteiger partial charge < -0.3 is 9.63 Å². The summed E-state index contributed by atoms with van der Waals surface area (Å²) in [7, 11) is -4.32. The average Bonchev–Trinajstić information content (AvgIpc) is 3.26. The predicted molar refractivity (Wildman–Crippen MR) is 140 cm³/mol. The highest BCUT2D eigenvalue weighted by Crippen LogP contribution is 2.44. The summed E-state index contributed by atoms with van der Waals surface area (Å²) in [6.07, 6.45) is 14.0. The predicted octanol–water partition coefficient (Wildman–Crippen LogP) is 5.65. The van der Waals surface area contributed by atoms with Crippen molar-refractivity contribution in [2.24, 2.45) is 5.11 Å². The van der Waals surface area contributed by atoms with E-state index < -0.39 is 37.4 Å². The zero-order chi connectivity index (χ0) is 27.1. The second kappa shape index (κ2) is 16.8. The van der Waals surface area contributed by atoms with Gasteiger partial charge in [-0.05, 0) is 18.9 Å². The van der Waals surface area contributed by atoms with Crippen molar-refractivity contribution >= 4 is 7.82 Å². The van der Waals surface area contributed by atoms with Crippen molar-refractivity contribution < 1.29 is 23.2 Å². The summed E-state index contributed by atoms with van der Waals surface area (Å²) in [5.41, 5.74) is 8.01. The van der Waals surface area contributed by atoms with Crippen LogP contribution in [0.1, 0.15) is 102 Å². The molecule has 0 saturated carbocycles. The Balaban J connectivity index is 1.66. The molecule has 1 aliphatic heterocycles. The number of aromatic nitrogens is 2. The lowest BCUT2D eigenvalue weighted by Crippen LogP contribution is -2.33. The number of nitrogens with one attached hydrogen (secondary N) is 1. The number of aryl methyl sites for hydroxylation is 1. The van der Waals surface area contributed by atoms with Gasteiger partial charge in [0, 0.05) is 23.1 Å². The summed E-state index contributed by atoms with van der Waals surface area (Å²) in [4.78, 5) is 38.8. The lowest BCUT2D eigenvalue weighted by atomic mass is 10.1. The molecule has 12 nitrogen and oxygen atoms in total. The number of phosphoric acid groups is 1. The van der Waals surface area contributed by atoms with E-state index in [-0.39, 0.29) is 19.6 Å². The van der Waals surface area contributed by atoms with Gasteiger partial charge in [-0.3, -0.25) is 23.4 Å². The van der Waals surface area contributed by atoms with Gasteiger partial charge in [-0.1, -0.05) is 82.7 Å². The van der Waals surface area contributed by atoms with Crippen LogP contribution in [0.15, 0.2) is 20.9 Å². The van der Waals surface area contributed by atoms with E-state index in [0.717, 1.165) is 19.3 Å². The third kappa shape index (κ3) is 11.5. The molecule has 0 amide bonds. The van der Waals surface area contributed by atoms with Gasteiger partial charge in [0.2, 0.25) is 0 Å². The first-order valence-electron chi connectivity index (χ1n) is 13.4. The van der Waals surface area contributed by atoms with E-state index in [2.05, 4.69) is 21.9 Å². The Kier molecular flexibility index (Phi) is 14.2. The van der Waals surface area contributed by atoms with Crippen molar-refractivity contribution in [2.45, 2.75) is 116 Å². The first-order chi connectivity index (χ1) is 17.8. The van der Waals surface area contributed by atoms with Crippen LogP contribution in [-0.2, 0) is 18.3 Å². The van der Waals surface area contributed by atoms with Crippen LogP contribution >= 0.6 is 7.82 Å². The Hall–Kier alpha value is -1.94. The molecule has 0 aliphatic carbocycles. The average molecular weight is 544 g/mol. The number of nitrogens with zero attached hydrogens (tertiary/aromatic N) is 4. The Morgan fingerprint density at radius 1 is 1.11 bits per heavy atom. The maximum Gasteiger partial charge on any atom is 0.472 e. The molecular weight excluding hydrogens is 501 g/mol. The van der Waals surface area contributed by atoms with Gasteiger partial charge in [-0.25, -0.2) is 9.36 Å². The van der Waals surface area contributed by atoms with Gasteiger partial charge in [-0.15, -0.1) is 0 Å². The molecule has 210 valence electrons. The molecule has 13 heteroatoms. The maximum atomic E-state index is 12.3. The van der Waals surface area contributed by atoms with E-state index in [1.54, 1.807) is 6.92 Å². The highest BCUT2D eigenvalue weighted by molar-refractivity contribution is 7.47. The van der Waals surface area contributed by atoms with Crippen molar-refractivity contribution in [1.82, 2.24) is 9.55 Å². The Bertz CT molecular complexity index is 1020. The lowest BCUT2D eigenvalue weighted by molar-refractivity contribution is -0.0284. The van der Waals surface area contributed by atoms with E-state index >= 15 is 0 Å². The van der Waals surface area contributed by atoms with Gasteiger partial charge in [0.25, 0.3) is 5.56 Å². The van der Waals surface area contributed by atoms with Gasteiger partial charge in [0.1, 0.15) is 6.23 Å². The fraction of sp³-hybridized carbons (Fsp3) is 0.833. The van der Waals surface area contributed by atoms with Crippen LogP contribution in [0.4, 0.5) is 0 Å². The zero-order valence-corrected chi connectivity index (χ0v) is 22.9. The van der Waals surface area contributed by atoms with E-state index in [4.69, 9.17) is 19.3 Å². The van der Waals surface area contributed by atoms with Crippen molar-refractivity contribution in [3.05, 3.63) is 43.0 Å². The normalized spacial score (nSPS) is 21.0. The van der Waals surface area contributed by atoms with Crippen LogP contribution in [0.3, 0.4) is 0 Å². The Labute approximate surface area is 218 Å². The molecule has 1 saturated heterocycles. The topological polar surface area (TPSA) is 169 Å². The third-order valence-electron chi connectivity index (χ3n) is 6.51. The highest BCUT2D eigenvalue weighted by atomic mass is 31.2. The first-order valence-corrected chi connectivity index (χ1v) is 14.9. The minimum absolute atomic E-state index is 0.102. The molecule has 2 N–H and O–H groups in total. The van der Waals surface area contributed by atoms with E-state index in [1.807, 2.05) is 0 Å². The molecule has 1 aromatic rings. The summed E-state index contributed by atoms with van der Waals surface area (Å²) < 4.78 is 29.4. The lowest BCUT2D eigenvalue weighted by Gasteiger charge is -2.18. The number of rotatable bonds is 19. The molecule has 0 radical (unpaired) electrons. The number of phosphoric ester groups is 1. The van der Waals surface area contributed by atoms with Crippen LogP contribution in [-0.4, -0.2) is 39.8 Å². The summed E-state index contributed by atoms with van der Waals surface area (Å²) >= 11 is 0. The summed E-state index contributed by atoms with van der Waals surface area (Å²) in [6.45, 7) is 3.52. The second-order valence-electron chi connectivity index (χ2n) is 9.60. The zero-order valence-electron chi connectivity index (χ0n) is 22.0. The van der Waals surface area contributed by atoms with Crippen molar-refractivity contribution in [2.75, 3.05) is 13.2 Å². The fourth-order valence-electron chi connectivity index (χ4n) is 4.35. The summed E-state index contributed by atoms with van der Waals surface area (Å²) in [5, 5.41) is 3.67. The maximum absolute atomic E-state index is 12.3. The SMILES string of the molecule is CCCCCCCCCCCCCCOP(=O)(O)OC[C@H]1O[C@@H](n2cc(C)c(=O)[nH]c2=O)C[C@@H]1N=[N+]=[N-]. The largest absolute Gasteiger partial charge is 0.472 e. The Morgan fingerprint density at radius 2 is 1.70 bits per heavy atom. The van der Waals surface area contributed by atoms with Crippen LogP contribution in [0.2, 0.25) is 0 Å². The molecule has 0 aromatic carbocycles. The van der Waals surface area contributed by atoms with Gasteiger partial charge in [-0.2, -0.15) is 0 Å². The van der Waals surface area contributed by atoms with Crippen molar-refractivity contribution in [3.8, 4) is 0 Å². The van der Waals surface area contributed by atoms with Crippen molar-refractivity contribution in [3.63, 3.8) is 0 Å². The minimum Gasteiger partial charge on any atom is -0.352 e. The van der Waals surface area contributed by atoms with Gasteiger partial charge >= 0.3 is 13.5 Å². The summed E-state index contributed by atoms with van der Waals surface area (Å²) in [5.74, 6) is 0. The number of ether oxygens (including phenoxy) is 1. The van der Waals surface area contributed by atoms with Crippen LogP contribution in [0.25, 0.3) is 10.4 Å². The quantitative estimate of drug-likeness (QED) is 0.0747. The van der Waals surface area contributed by atoms with Crippen LogP contribution in [0, 0.1) is 6.92 Å². The molecule has 2 rings (SSSR count). The van der Waals surface area contributed by atoms with E-state index in [9.17, 15) is 19.0 Å². The number of hydrogen-bond acceptors (Lipinski definition) is 7. The van der Waals surface area contributed by atoms with Gasteiger partial charge in [0.05, 0.1) is 25.4 Å². The monoisotopic (exact) mass is 543 g/mol. The number of hydrogen-bond donors (Lipinski definition) is 2. The highest BCUT2D eigenvalue weighted by Gasteiger charge is 2.38. The third-order valence-corrected chi connectivity index (χ3v) is 7.50. The summed E-state index contributed by atoms with van der Waals surface area (Å²) in [6, 6.07) is -0.731. The number of unbranched alkanes of at least 4 members (excludes halogenated alkanes) is 11. The fourth-order valence-corrected chi connectivity index (χ4v) is 5.12. The molecule has 1 unspecified atom stereocenters. The van der Waals surface area contributed by atoms with Gasteiger partial charge in [0.15, 0.2) is 0 Å². The second-order valence-corrected chi connectivity index (χ2v) is 11.1. The Morgan fingerprint density at radius 3 is 2.30 bits per heavy atom. The molecule has 2 heterocycles. The van der Waals surface area contributed by atoms with Crippen molar-refractivity contribution in [1.29, 1.82) is 0 Å². The molecule has 37 heavy (non-hydrogen) atoms. The van der Waals surface area contributed by atoms with E-state index in [0.29, 0.717) is 12.0 Å². The molecule has 0 spiro atoms. The molecule has 1 aromatic heterocycles. The number of H-pyrrole nitrogens is 1. The molecule has 4 atom stereocenters. The molecule has 1 aliphatic rings. The standard InChI is InChI=1S/C24H42N5O7P/c1-3-4-5-6-7-8-9-10-11-12-13-14-15-34-37(32,33)35-18-21-20(27-28-25)16-22(36-21)29-17-19(2)23(30)26-24(29)31/h17,20-22H,3-16,18H2,1-2H3,(H,32,33)(H,26,30,31)/t20-,21+,22+/m0/s1. The molecular formula is C24H42N5O7P.